The summed E-state index contributed by atoms with van der Waals surface area (Å²) in [5, 5.41) is 2.75. The van der Waals surface area contributed by atoms with Crippen LogP contribution < -0.4 is 14.8 Å². The van der Waals surface area contributed by atoms with Gasteiger partial charge in [0.25, 0.3) is 0 Å². The molecule has 14 heavy (non-hydrogen) atoms. The Morgan fingerprint density at radius 3 is 3.14 bits per heavy atom. The van der Waals surface area contributed by atoms with E-state index >= 15 is 0 Å². The molecule has 1 aromatic carbocycles. The summed E-state index contributed by atoms with van der Waals surface area (Å²) in [6, 6.07) is 5.42. The van der Waals surface area contributed by atoms with E-state index in [9.17, 15) is 4.79 Å². The SMILES string of the molecule is COc1cccc2c1NC(=O)CCO2. The fraction of sp³-hybridized carbons (Fsp3) is 0.300. The maximum absolute atomic E-state index is 11.3. The van der Waals surface area contributed by atoms with E-state index in [0.29, 0.717) is 30.2 Å². The van der Waals surface area contributed by atoms with Crippen molar-refractivity contribution in [3.8, 4) is 11.5 Å². The van der Waals surface area contributed by atoms with Gasteiger partial charge in [0.2, 0.25) is 5.91 Å². The molecule has 1 N–H and O–H groups in total. The summed E-state index contributed by atoms with van der Waals surface area (Å²) >= 11 is 0. The molecule has 0 saturated carbocycles. The molecule has 4 nitrogen and oxygen atoms in total. The molecule has 1 heterocycles. The van der Waals surface area contributed by atoms with Crippen molar-refractivity contribution in [2.75, 3.05) is 19.0 Å². The van der Waals surface area contributed by atoms with Crippen LogP contribution >= 0.6 is 0 Å². The lowest BCUT2D eigenvalue weighted by Crippen LogP contribution is -2.11. The van der Waals surface area contributed by atoms with E-state index in [4.69, 9.17) is 9.47 Å². The first-order valence-electron chi connectivity index (χ1n) is 4.41. The van der Waals surface area contributed by atoms with Crippen molar-refractivity contribution >= 4 is 11.6 Å². The topological polar surface area (TPSA) is 47.6 Å². The smallest absolute Gasteiger partial charge is 0.228 e. The Morgan fingerprint density at radius 1 is 1.50 bits per heavy atom. The Labute approximate surface area is 81.8 Å². The van der Waals surface area contributed by atoms with Crippen LogP contribution in [0.2, 0.25) is 0 Å². The summed E-state index contributed by atoms with van der Waals surface area (Å²) in [6.45, 7) is 0.409. The highest BCUT2D eigenvalue weighted by Gasteiger charge is 2.16. The van der Waals surface area contributed by atoms with E-state index in [0.717, 1.165) is 0 Å². The third kappa shape index (κ3) is 1.51. The van der Waals surface area contributed by atoms with Crippen molar-refractivity contribution in [2.24, 2.45) is 0 Å². The third-order valence-electron chi connectivity index (χ3n) is 2.06. The van der Waals surface area contributed by atoms with Crippen LogP contribution in [0.25, 0.3) is 0 Å². The summed E-state index contributed by atoms with van der Waals surface area (Å²) in [4.78, 5) is 11.3. The van der Waals surface area contributed by atoms with Gasteiger partial charge in [0.05, 0.1) is 20.1 Å². The molecule has 74 valence electrons. The molecule has 1 aliphatic rings. The Kier molecular flexibility index (Phi) is 2.26. The average Bonchev–Trinajstić information content (AvgIpc) is 2.38. The largest absolute Gasteiger partial charge is 0.494 e. The lowest BCUT2D eigenvalue weighted by Gasteiger charge is -2.10. The molecule has 0 saturated heterocycles. The molecule has 0 radical (unpaired) electrons. The van der Waals surface area contributed by atoms with Crippen molar-refractivity contribution in [3.05, 3.63) is 18.2 Å². The number of fused-ring (bicyclic) bond motifs is 1. The number of para-hydroxylation sites is 1. The van der Waals surface area contributed by atoms with Gasteiger partial charge in [0.1, 0.15) is 17.2 Å². The predicted molar refractivity (Wildman–Crippen MR) is 51.7 cm³/mol. The van der Waals surface area contributed by atoms with Gasteiger partial charge < -0.3 is 14.8 Å². The summed E-state index contributed by atoms with van der Waals surface area (Å²) in [7, 11) is 1.56. The van der Waals surface area contributed by atoms with Gasteiger partial charge in [0, 0.05) is 0 Å². The molecular weight excluding hydrogens is 182 g/mol. The molecule has 0 bridgehead atoms. The molecule has 2 rings (SSSR count). The van der Waals surface area contributed by atoms with Crippen molar-refractivity contribution in [3.63, 3.8) is 0 Å². The van der Waals surface area contributed by atoms with Crippen LogP contribution in [0, 0.1) is 0 Å². The highest BCUT2D eigenvalue weighted by Crippen LogP contribution is 2.35. The number of amides is 1. The van der Waals surface area contributed by atoms with Crippen molar-refractivity contribution in [2.45, 2.75) is 6.42 Å². The van der Waals surface area contributed by atoms with Gasteiger partial charge in [-0.05, 0) is 12.1 Å². The van der Waals surface area contributed by atoms with Crippen LogP contribution in [-0.4, -0.2) is 19.6 Å². The van der Waals surface area contributed by atoms with Gasteiger partial charge in [-0.2, -0.15) is 0 Å². The normalized spacial score (nSPS) is 14.8. The summed E-state index contributed by atoms with van der Waals surface area (Å²) in [6.07, 6.45) is 0.373. The molecule has 0 aromatic heterocycles. The Hall–Kier alpha value is -1.71. The first-order chi connectivity index (χ1) is 6.81. The number of carbonyl (C=O) groups excluding carboxylic acids is 1. The molecule has 0 unspecified atom stereocenters. The van der Waals surface area contributed by atoms with Crippen molar-refractivity contribution < 1.29 is 14.3 Å². The van der Waals surface area contributed by atoms with Gasteiger partial charge in [-0.3, -0.25) is 4.79 Å². The molecule has 0 fully saturated rings. The van der Waals surface area contributed by atoms with Gasteiger partial charge >= 0.3 is 0 Å². The first kappa shape index (κ1) is 8.87. The van der Waals surface area contributed by atoms with Crippen LogP contribution in [0.1, 0.15) is 6.42 Å². The minimum atomic E-state index is -0.0479. The quantitative estimate of drug-likeness (QED) is 0.733. The fourth-order valence-corrected chi connectivity index (χ4v) is 1.38. The van der Waals surface area contributed by atoms with Gasteiger partial charge in [-0.15, -0.1) is 0 Å². The lowest BCUT2D eigenvalue weighted by atomic mass is 10.2. The lowest BCUT2D eigenvalue weighted by molar-refractivity contribution is -0.116. The van der Waals surface area contributed by atoms with E-state index in [-0.39, 0.29) is 5.91 Å². The molecule has 1 amide bonds. The van der Waals surface area contributed by atoms with E-state index in [1.54, 1.807) is 13.2 Å². The highest BCUT2D eigenvalue weighted by atomic mass is 16.5. The van der Waals surface area contributed by atoms with Crippen LogP contribution in [0.5, 0.6) is 11.5 Å². The van der Waals surface area contributed by atoms with Gasteiger partial charge in [0.15, 0.2) is 0 Å². The Morgan fingerprint density at radius 2 is 2.36 bits per heavy atom. The summed E-state index contributed by atoms with van der Waals surface area (Å²) in [5.41, 5.74) is 0.623. The number of anilines is 1. The van der Waals surface area contributed by atoms with E-state index in [1.165, 1.54) is 0 Å². The minimum Gasteiger partial charge on any atom is -0.494 e. The Bertz CT molecular complexity index is 362. The standard InChI is InChI=1S/C10H11NO3/c1-13-7-3-2-4-8-10(7)11-9(12)5-6-14-8/h2-4H,5-6H2,1H3,(H,11,12). The van der Waals surface area contributed by atoms with Crippen LogP contribution in [0.15, 0.2) is 18.2 Å². The summed E-state index contributed by atoms with van der Waals surface area (Å²) < 4.78 is 10.5. The number of carbonyl (C=O) groups is 1. The van der Waals surface area contributed by atoms with Crippen LogP contribution in [-0.2, 0) is 4.79 Å². The number of hydrogen-bond acceptors (Lipinski definition) is 3. The molecule has 0 aliphatic carbocycles. The Balaban J connectivity index is 2.45. The van der Waals surface area contributed by atoms with E-state index in [2.05, 4.69) is 5.32 Å². The van der Waals surface area contributed by atoms with Gasteiger partial charge in [-0.1, -0.05) is 6.07 Å². The number of hydrogen-bond donors (Lipinski definition) is 1. The van der Waals surface area contributed by atoms with Crippen LogP contribution in [0.4, 0.5) is 5.69 Å². The fourth-order valence-electron chi connectivity index (χ4n) is 1.38. The zero-order valence-electron chi connectivity index (χ0n) is 7.87. The molecule has 1 aliphatic heterocycles. The molecular formula is C10H11NO3. The number of nitrogens with one attached hydrogen (secondary N) is 1. The second-order valence-corrected chi connectivity index (χ2v) is 2.98. The highest BCUT2D eigenvalue weighted by molar-refractivity contribution is 5.94. The third-order valence-corrected chi connectivity index (χ3v) is 2.06. The monoisotopic (exact) mass is 193 g/mol. The second-order valence-electron chi connectivity index (χ2n) is 2.98. The van der Waals surface area contributed by atoms with E-state index in [1.807, 2.05) is 12.1 Å². The van der Waals surface area contributed by atoms with E-state index < -0.39 is 0 Å². The zero-order chi connectivity index (χ0) is 9.97. The molecule has 0 spiro atoms. The van der Waals surface area contributed by atoms with Gasteiger partial charge in [-0.25, -0.2) is 0 Å². The first-order valence-corrected chi connectivity index (χ1v) is 4.41. The molecule has 1 aromatic rings. The minimum absolute atomic E-state index is 0.0479. The van der Waals surface area contributed by atoms with Crippen molar-refractivity contribution in [1.82, 2.24) is 0 Å². The maximum Gasteiger partial charge on any atom is 0.228 e. The maximum atomic E-state index is 11.3. The number of benzene rings is 1. The second kappa shape index (κ2) is 3.57. The van der Waals surface area contributed by atoms with Crippen LogP contribution in [0.3, 0.4) is 0 Å². The molecule has 0 atom stereocenters. The number of ether oxygens (including phenoxy) is 2. The number of methoxy groups -OCH3 is 1. The summed E-state index contributed by atoms with van der Waals surface area (Å²) in [5.74, 6) is 1.24. The average molecular weight is 193 g/mol. The predicted octanol–water partition coefficient (Wildman–Crippen LogP) is 1.42. The molecule has 4 heteroatoms. The number of rotatable bonds is 1. The zero-order valence-corrected chi connectivity index (χ0v) is 7.87. The van der Waals surface area contributed by atoms with Crippen molar-refractivity contribution in [1.29, 1.82) is 0 Å².